The van der Waals surface area contributed by atoms with Gasteiger partial charge in [0.25, 0.3) is 0 Å². The lowest BCUT2D eigenvalue weighted by molar-refractivity contribution is 0.174. The summed E-state index contributed by atoms with van der Waals surface area (Å²) in [6.45, 7) is 8.57. The van der Waals surface area contributed by atoms with Crippen LogP contribution in [0, 0.1) is 19.8 Å². The molecule has 0 saturated carbocycles. The number of nitrogens with one attached hydrogen (secondary N) is 2. The van der Waals surface area contributed by atoms with Crippen molar-refractivity contribution in [1.29, 1.82) is 0 Å². The second-order valence-corrected chi connectivity index (χ2v) is 7.53. The van der Waals surface area contributed by atoms with Crippen molar-refractivity contribution in [1.82, 2.24) is 15.5 Å². The van der Waals surface area contributed by atoms with Gasteiger partial charge >= 0.3 is 6.03 Å². The van der Waals surface area contributed by atoms with E-state index in [9.17, 15) is 4.79 Å². The van der Waals surface area contributed by atoms with Crippen molar-refractivity contribution in [2.24, 2.45) is 5.92 Å². The molecule has 1 aliphatic rings. The molecule has 1 saturated heterocycles. The van der Waals surface area contributed by atoms with Crippen LogP contribution in [-0.4, -0.2) is 37.1 Å². The van der Waals surface area contributed by atoms with Crippen molar-refractivity contribution in [2.75, 3.05) is 26.2 Å². The third-order valence-corrected chi connectivity index (χ3v) is 5.34. The molecule has 5 nitrogen and oxygen atoms in total. The Bertz CT molecular complexity index is 718. The second kappa shape index (κ2) is 9.60. The average molecular weight is 370 g/mol. The van der Waals surface area contributed by atoms with Crippen LogP contribution in [0.2, 0.25) is 0 Å². The number of rotatable bonds is 7. The summed E-state index contributed by atoms with van der Waals surface area (Å²) in [6, 6.07) is 12.3. The summed E-state index contributed by atoms with van der Waals surface area (Å²) < 4.78 is 5.62. The Hall–Kier alpha value is -2.27. The summed E-state index contributed by atoms with van der Waals surface area (Å²) >= 11 is 0. The van der Waals surface area contributed by atoms with Crippen molar-refractivity contribution in [3.8, 4) is 0 Å². The van der Waals surface area contributed by atoms with E-state index in [1.807, 2.05) is 32.0 Å². The van der Waals surface area contributed by atoms with Gasteiger partial charge in [0, 0.05) is 25.2 Å². The SMILES string of the molecule is Cc1cc(CN2CCC(CNC(=O)NCCc3ccccc3)CC2)c(C)o1. The molecule has 0 bridgehead atoms. The molecular formula is C22H31N3O2. The van der Waals surface area contributed by atoms with Crippen molar-refractivity contribution >= 4 is 6.03 Å². The Balaban J connectivity index is 1.30. The number of furan rings is 1. The van der Waals surface area contributed by atoms with Crippen molar-refractivity contribution < 1.29 is 9.21 Å². The van der Waals surface area contributed by atoms with Crippen LogP contribution < -0.4 is 10.6 Å². The number of urea groups is 1. The van der Waals surface area contributed by atoms with E-state index in [1.54, 1.807) is 0 Å². The first-order valence-corrected chi connectivity index (χ1v) is 9.94. The van der Waals surface area contributed by atoms with Gasteiger partial charge in [0.15, 0.2) is 0 Å². The maximum atomic E-state index is 12.0. The molecule has 0 aliphatic carbocycles. The summed E-state index contributed by atoms with van der Waals surface area (Å²) in [4.78, 5) is 14.5. The quantitative estimate of drug-likeness (QED) is 0.783. The predicted molar refractivity (Wildman–Crippen MR) is 108 cm³/mol. The zero-order valence-electron chi connectivity index (χ0n) is 16.5. The van der Waals surface area contributed by atoms with Gasteiger partial charge < -0.3 is 15.1 Å². The van der Waals surface area contributed by atoms with Gasteiger partial charge in [-0.15, -0.1) is 0 Å². The van der Waals surface area contributed by atoms with Gasteiger partial charge in [0.2, 0.25) is 0 Å². The molecule has 2 aromatic rings. The fraction of sp³-hybridized carbons (Fsp3) is 0.500. The summed E-state index contributed by atoms with van der Waals surface area (Å²) in [7, 11) is 0. The first kappa shape index (κ1) is 19.5. The number of likely N-dealkylation sites (tertiary alicyclic amines) is 1. The molecule has 0 unspecified atom stereocenters. The number of carbonyl (C=O) groups excluding carboxylic acids is 1. The highest BCUT2D eigenvalue weighted by molar-refractivity contribution is 5.73. The van der Waals surface area contributed by atoms with Crippen LogP contribution in [0.25, 0.3) is 0 Å². The minimum absolute atomic E-state index is 0.0575. The number of hydrogen-bond acceptors (Lipinski definition) is 3. The molecule has 0 atom stereocenters. The van der Waals surface area contributed by atoms with E-state index < -0.39 is 0 Å². The van der Waals surface area contributed by atoms with Crippen LogP contribution in [-0.2, 0) is 13.0 Å². The highest BCUT2D eigenvalue weighted by Gasteiger charge is 2.20. The molecule has 2 amide bonds. The molecule has 2 heterocycles. The molecule has 1 aliphatic heterocycles. The maximum Gasteiger partial charge on any atom is 0.314 e. The highest BCUT2D eigenvalue weighted by atomic mass is 16.3. The lowest BCUT2D eigenvalue weighted by Gasteiger charge is -2.31. The normalized spacial score (nSPS) is 15.6. The number of benzene rings is 1. The summed E-state index contributed by atoms with van der Waals surface area (Å²) in [5.74, 6) is 2.58. The minimum atomic E-state index is -0.0575. The monoisotopic (exact) mass is 369 g/mol. The first-order valence-electron chi connectivity index (χ1n) is 9.94. The summed E-state index contributed by atoms with van der Waals surface area (Å²) in [6.07, 6.45) is 3.11. The van der Waals surface area contributed by atoms with E-state index in [1.165, 1.54) is 11.1 Å². The number of amides is 2. The molecule has 1 aromatic carbocycles. The largest absolute Gasteiger partial charge is 0.466 e. The van der Waals surface area contributed by atoms with E-state index in [-0.39, 0.29) is 6.03 Å². The number of hydrogen-bond donors (Lipinski definition) is 2. The maximum absolute atomic E-state index is 12.0. The lowest BCUT2D eigenvalue weighted by atomic mass is 9.96. The average Bonchev–Trinajstić information content (AvgIpc) is 2.99. The van der Waals surface area contributed by atoms with E-state index in [0.29, 0.717) is 12.5 Å². The lowest BCUT2D eigenvalue weighted by Crippen LogP contribution is -2.42. The Morgan fingerprint density at radius 1 is 1.15 bits per heavy atom. The topological polar surface area (TPSA) is 57.5 Å². The van der Waals surface area contributed by atoms with Crippen LogP contribution >= 0.6 is 0 Å². The van der Waals surface area contributed by atoms with Gasteiger partial charge in [-0.1, -0.05) is 30.3 Å². The summed E-state index contributed by atoms with van der Waals surface area (Å²) in [5, 5.41) is 5.98. The van der Waals surface area contributed by atoms with Gasteiger partial charge in [-0.05, 0) is 63.7 Å². The van der Waals surface area contributed by atoms with Crippen molar-refractivity contribution in [3.05, 3.63) is 59.0 Å². The fourth-order valence-electron chi connectivity index (χ4n) is 3.69. The van der Waals surface area contributed by atoms with Crippen molar-refractivity contribution in [3.63, 3.8) is 0 Å². The van der Waals surface area contributed by atoms with Gasteiger partial charge in [-0.2, -0.15) is 0 Å². The third kappa shape index (κ3) is 6.14. The molecule has 27 heavy (non-hydrogen) atoms. The van der Waals surface area contributed by atoms with E-state index in [2.05, 4.69) is 33.7 Å². The molecule has 0 spiro atoms. The van der Waals surface area contributed by atoms with Gasteiger partial charge in [-0.25, -0.2) is 4.79 Å². The number of carbonyl (C=O) groups is 1. The second-order valence-electron chi connectivity index (χ2n) is 7.53. The Morgan fingerprint density at radius 2 is 1.89 bits per heavy atom. The molecular weight excluding hydrogens is 338 g/mol. The Kier molecular flexibility index (Phi) is 6.93. The summed E-state index contributed by atoms with van der Waals surface area (Å²) in [5.41, 5.74) is 2.54. The molecule has 1 fully saturated rings. The first-order chi connectivity index (χ1) is 13.1. The predicted octanol–water partition coefficient (Wildman–Crippen LogP) is 3.65. The zero-order valence-corrected chi connectivity index (χ0v) is 16.5. The van der Waals surface area contributed by atoms with Crippen LogP contribution in [0.5, 0.6) is 0 Å². The van der Waals surface area contributed by atoms with E-state index >= 15 is 0 Å². The molecule has 5 heteroatoms. The van der Waals surface area contributed by atoms with Crippen molar-refractivity contribution in [2.45, 2.75) is 39.7 Å². The van der Waals surface area contributed by atoms with Crippen LogP contribution in [0.15, 0.2) is 40.8 Å². The molecule has 146 valence electrons. The van der Waals surface area contributed by atoms with E-state index in [4.69, 9.17) is 4.42 Å². The minimum Gasteiger partial charge on any atom is -0.466 e. The number of piperidine rings is 1. The smallest absolute Gasteiger partial charge is 0.314 e. The molecule has 0 radical (unpaired) electrons. The number of aryl methyl sites for hydroxylation is 2. The standard InChI is InChI=1S/C22H31N3O2/c1-17-14-21(18(2)27-17)16-25-12-9-20(10-13-25)15-24-22(26)23-11-8-19-6-4-3-5-7-19/h3-7,14,20H,8-13,15-16H2,1-2H3,(H2,23,24,26). The van der Waals surface area contributed by atoms with Crippen LogP contribution in [0.3, 0.4) is 0 Å². The van der Waals surface area contributed by atoms with Gasteiger partial charge in [-0.3, -0.25) is 4.90 Å². The van der Waals surface area contributed by atoms with Crippen LogP contribution in [0.4, 0.5) is 4.79 Å². The van der Waals surface area contributed by atoms with E-state index in [0.717, 1.165) is 57.0 Å². The molecule has 3 rings (SSSR count). The van der Waals surface area contributed by atoms with Gasteiger partial charge in [0.05, 0.1) is 0 Å². The zero-order chi connectivity index (χ0) is 19.1. The molecule has 1 aromatic heterocycles. The van der Waals surface area contributed by atoms with Crippen LogP contribution in [0.1, 0.15) is 35.5 Å². The molecule has 2 N–H and O–H groups in total. The van der Waals surface area contributed by atoms with Gasteiger partial charge in [0.1, 0.15) is 11.5 Å². The Labute approximate surface area is 162 Å². The third-order valence-electron chi connectivity index (χ3n) is 5.34. The highest BCUT2D eigenvalue weighted by Crippen LogP contribution is 2.21. The fourth-order valence-corrected chi connectivity index (χ4v) is 3.69. The Morgan fingerprint density at radius 3 is 2.56 bits per heavy atom. The number of nitrogens with zero attached hydrogens (tertiary/aromatic N) is 1.